The summed E-state index contributed by atoms with van der Waals surface area (Å²) in [5.41, 5.74) is -1.35. The highest BCUT2D eigenvalue weighted by molar-refractivity contribution is 5.82. The predicted octanol–water partition coefficient (Wildman–Crippen LogP) is 3.62. The fraction of sp³-hybridized carbons (Fsp3) is 0.833. The highest BCUT2D eigenvalue weighted by Crippen LogP contribution is 2.51. The van der Waals surface area contributed by atoms with E-state index in [2.05, 4.69) is 25.5 Å². The van der Waals surface area contributed by atoms with Crippen LogP contribution < -0.4 is 0 Å². The summed E-state index contributed by atoms with van der Waals surface area (Å²) in [6.07, 6.45) is 8.57. The lowest BCUT2D eigenvalue weighted by atomic mass is 9.81. The van der Waals surface area contributed by atoms with Crippen LogP contribution >= 0.6 is 0 Å². The van der Waals surface area contributed by atoms with Crippen molar-refractivity contribution in [2.45, 2.75) is 83.5 Å². The van der Waals surface area contributed by atoms with E-state index in [4.69, 9.17) is 4.74 Å². The minimum absolute atomic E-state index is 0.236. The van der Waals surface area contributed by atoms with Crippen molar-refractivity contribution in [2.24, 2.45) is 5.92 Å². The van der Waals surface area contributed by atoms with Crippen LogP contribution in [-0.2, 0) is 14.3 Å². The fourth-order valence-corrected chi connectivity index (χ4v) is 3.24. The number of hydrogen-bond acceptors (Lipinski definition) is 4. The highest BCUT2D eigenvalue weighted by atomic mass is 16.6. The van der Waals surface area contributed by atoms with E-state index in [1.54, 1.807) is 0 Å². The Morgan fingerprint density at radius 2 is 2.14 bits per heavy atom. The van der Waals surface area contributed by atoms with Gasteiger partial charge in [-0.2, -0.15) is 0 Å². The maximum absolute atomic E-state index is 11.3. The van der Waals surface area contributed by atoms with Gasteiger partial charge >= 0.3 is 5.97 Å². The molecule has 1 N–H and O–H groups in total. The first kappa shape index (κ1) is 19.2. The van der Waals surface area contributed by atoms with Crippen molar-refractivity contribution in [1.82, 2.24) is 0 Å². The number of aliphatic hydroxyl groups is 1. The molecule has 1 rings (SSSR count). The largest absolute Gasteiger partial charge is 0.466 e. The number of carbonyl (C=O) groups excluding carboxylic acids is 1. The lowest BCUT2D eigenvalue weighted by molar-refractivity contribution is -0.135. The number of methoxy groups -OCH3 is 1. The summed E-state index contributed by atoms with van der Waals surface area (Å²) < 4.78 is 10.6. The normalized spacial score (nSPS) is 28.4. The standard InChI is InChI=1S/C18H32O4/c1-6-9-10-14(4)13-18(8-3)16(22-18)17(20,7-2)12-11-15(19)21-5/h11-12,14,16,20H,6-10,13H2,1-5H3/b12-11+/t14?,16-,17?,18-/m0/s1. The van der Waals surface area contributed by atoms with Crippen LogP contribution in [0.2, 0.25) is 0 Å². The van der Waals surface area contributed by atoms with Crippen LogP contribution in [0.15, 0.2) is 12.2 Å². The molecule has 1 aliphatic heterocycles. The number of unbranched alkanes of at least 4 members (excludes halogenated alkanes) is 1. The maximum atomic E-state index is 11.3. The first-order chi connectivity index (χ1) is 10.4. The predicted molar refractivity (Wildman–Crippen MR) is 87.6 cm³/mol. The van der Waals surface area contributed by atoms with E-state index in [0.29, 0.717) is 12.3 Å². The van der Waals surface area contributed by atoms with Crippen LogP contribution in [0, 0.1) is 5.92 Å². The van der Waals surface area contributed by atoms with Gasteiger partial charge in [0.1, 0.15) is 11.7 Å². The third-order valence-electron chi connectivity index (χ3n) is 4.85. The molecule has 0 aromatic heterocycles. The summed E-state index contributed by atoms with van der Waals surface area (Å²) in [7, 11) is 1.33. The van der Waals surface area contributed by atoms with Crippen LogP contribution in [0.25, 0.3) is 0 Å². The molecule has 2 unspecified atom stereocenters. The average molecular weight is 312 g/mol. The van der Waals surface area contributed by atoms with Crippen LogP contribution in [0.5, 0.6) is 0 Å². The minimum Gasteiger partial charge on any atom is -0.466 e. The molecule has 4 nitrogen and oxygen atoms in total. The van der Waals surface area contributed by atoms with Crippen LogP contribution in [0.1, 0.15) is 66.2 Å². The summed E-state index contributed by atoms with van der Waals surface area (Å²) in [6.45, 7) is 8.46. The quantitative estimate of drug-likeness (QED) is 0.380. The fourth-order valence-electron chi connectivity index (χ4n) is 3.24. The van der Waals surface area contributed by atoms with Gasteiger partial charge < -0.3 is 14.6 Å². The monoisotopic (exact) mass is 312 g/mol. The van der Waals surface area contributed by atoms with Crippen molar-refractivity contribution in [3.8, 4) is 0 Å². The van der Waals surface area contributed by atoms with Gasteiger partial charge in [-0.3, -0.25) is 0 Å². The number of esters is 1. The molecule has 0 aliphatic carbocycles. The van der Waals surface area contributed by atoms with Gasteiger partial charge in [0.05, 0.1) is 12.7 Å². The summed E-state index contributed by atoms with van der Waals surface area (Å²) in [5.74, 6) is 0.126. The Morgan fingerprint density at radius 3 is 2.64 bits per heavy atom. The van der Waals surface area contributed by atoms with Gasteiger partial charge in [-0.15, -0.1) is 0 Å². The molecule has 0 radical (unpaired) electrons. The Labute approximate surface area is 134 Å². The highest BCUT2D eigenvalue weighted by Gasteiger charge is 2.63. The number of rotatable bonds is 10. The maximum Gasteiger partial charge on any atom is 0.330 e. The van der Waals surface area contributed by atoms with Crippen molar-refractivity contribution >= 4 is 5.97 Å². The van der Waals surface area contributed by atoms with E-state index >= 15 is 0 Å². The van der Waals surface area contributed by atoms with E-state index in [9.17, 15) is 9.90 Å². The van der Waals surface area contributed by atoms with Crippen LogP contribution in [0.3, 0.4) is 0 Å². The second-order valence-electron chi connectivity index (χ2n) is 6.57. The zero-order valence-corrected chi connectivity index (χ0v) is 14.7. The molecule has 0 amide bonds. The molecule has 1 saturated heterocycles. The number of ether oxygens (including phenoxy) is 2. The van der Waals surface area contributed by atoms with Crippen molar-refractivity contribution in [1.29, 1.82) is 0 Å². The van der Waals surface area contributed by atoms with E-state index in [-0.39, 0.29) is 11.7 Å². The van der Waals surface area contributed by atoms with E-state index in [1.807, 2.05) is 6.92 Å². The first-order valence-corrected chi connectivity index (χ1v) is 8.54. The first-order valence-electron chi connectivity index (χ1n) is 8.54. The van der Waals surface area contributed by atoms with Gasteiger partial charge in [-0.1, -0.05) is 47.0 Å². The Balaban J connectivity index is 2.74. The zero-order valence-electron chi connectivity index (χ0n) is 14.7. The van der Waals surface area contributed by atoms with Gasteiger partial charge in [0.25, 0.3) is 0 Å². The summed E-state index contributed by atoms with van der Waals surface area (Å²) in [5, 5.41) is 10.8. The Bertz CT molecular complexity index is 393. The van der Waals surface area contributed by atoms with Crippen molar-refractivity contribution in [3.05, 3.63) is 12.2 Å². The Hall–Kier alpha value is -0.870. The molecule has 0 spiro atoms. The summed E-state index contributed by atoms with van der Waals surface area (Å²) >= 11 is 0. The minimum atomic E-state index is -1.10. The topological polar surface area (TPSA) is 59.1 Å². The van der Waals surface area contributed by atoms with Gasteiger partial charge in [0.2, 0.25) is 0 Å². The van der Waals surface area contributed by atoms with Gasteiger partial charge in [0, 0.05) is 6.08 Å². The van der Waals surface area contributed by atoms with Crippen molar-refractivity contribution < 1.29 is 19.4 Å². The summed E-state index contributed by atoms with van der Waals surface area (Å²) in [4.78, 5) is 11.3. The Morgan fingerprint density at radius 1 is 1.45 bits per heavy atom. The third-order valence-corrected chi connectivity index (χ3v) is 4.85. The third kappa shape index (κ3) is 4.56. The number of hydrogen-bond donors (Lipinski definition) is 1. The molecule has 0 aromatic carbocycles. The SMILES string of the molecule is CCCCC(C)C[C@]1(CC)O[C@H]1C(O)(/C=C/C(=O)OC)CC. The second kappa shape index (κ2) is 8.11. The van der Waals surface area contributed by atoms with E-state index in [0.717, 1.165) is 12.8 Å². The van der Waals surface area contributed by atoms with Gasteiger partial charge in [0.15, 0.2) is 0 Å². The zero-order chi connectivity index (χ0) is 16.8. The smallest absolute Gasteiger partial charge is 0.330 e. The van der Waals surface area contributed by atoms with Gasteiger partial charge in [-0.05, 0) is 31.3 Å². The van der Waals surface area contributed by atoms with Crippen LogP contribution in [-0.4, -0.2) is 35.5 Å². The molecule has 0 bridgehead atoms. The molecule has 22 heavy (non-hydrogen) atoms. The molecule has 1 heterocycles. The van der Waals surface area contributed by atoms with Gasteiger partial charge in [-0.25, -0.2) is 4.79 Å². The second-order valence-corrected chi connectivity index (χ2v) is 6.57. The van der Waals surface area contributed by atoms with Crippen molar-refractivity contribution in [2.75, 3.05) is 7.11 Å². The molecular weight excluding hydrogens is 280 g/mol. The number of epoxide rings is 1. The Kier molecular flexibility index (Phi) is 7.07. The van der Waals surface area contributed by atoms with E-state index in [1.165, 1.54) is 38.5 Å². The average Bonchev–Trinajstić information content (AvgIpc) is 3.25. The van der Waals surface area contributed by atoms with E-state index < -0.39 is 11.6 Å². The van der Waals surface area contributed by atoms with Crippen molar-refractivity contribution in [3.63, 3.8) is 0 Å². The molecule has 0 aromatic rings. The molecule has 128 valence electrons. The lowest BCUT2D eigenvalue weighted by Crippen LogP contribution is -2.37. The molecule has 1 fully saturated rings. The lowest BCUT2D eigenvalue weighted by Gasteiger charge is -2.24. The summed E-state index contributed by atoms with van der Waals surface area (Å²) in [6, 6.07) is 0. The molecule has 4 atom stereocenters. The molecule has 1 aliphatic rings. The number of carbonyl (C=O) groups is 1. The van der Waals surface area contributed by atoms with Crippen LogP contribution in [0.4, 0.5) is 0 Å². The molecular formula is C18H32O4. The molecule has 4 heteroatoms. The molecule has 0 saturated carbocycles.